The minimum atomic E-state index is -1.12. The summed E-state index contributed by atoms with van der Waals surface area (Å²) in [5.41, 5.74) is 2.20. The van der Waals surface area contributed by atoms with Crippen molar-refractivity contribution >= 4 is 18.8 Å². The lowest BCUT2D eigenvalue weighted by molar-refractivity contribution is 0.00981. The molecular weight excluding hydrogens is 445 g/mol. The monoisotopic (exact) mass is 481 g/mol. The highest BCUT2D eigenvalue weighted by molar-refractivity contribution is 6.76. The third-order valence-corrected chi connectivity index (χ3v) is 8.07. The lowest BCUT2D eigenvalue weighted by atomic mass is 9.88. The van der Waals surface area contributed by atoms with E-state index in [-0.39, 0.29) is 24.6 Å². The quantitative estimate of drug-likeness (QED) is 0.209. The molecule has 1 aliphatic heterocycles. The highest BCUT2D eigenvalue weighted by atomic mass is 28.3. The molecule has 0 spiro atoms. The van der Waals surface area contributed by atoms with Crippen molar-refractivity contribution in [2.24, 2.45) is 0 Å². The first-order valence-corrected chi connectivity index (χ1v) is 15.9. The van der Waals surface area contributed by atoms with Crippen molar-refractivity contribution in [1.29, 1.82) is 0 Å². The molecule has 1 saturated heterocycles. The average molecular weight is 482 g/mol. The highest BCUT2D eigenvalue weighted by Crippen LogP contribution is 2.31. The molecule has 3 aromatic rings. The Balaban J connectivity index is 1.43. The van der Waals surface area contributed by atoms with Crippen LogP contribution in [0.25, 0.3) is 10.8 Å². The third-order valence-electron chi connectivity index (χ3n) is 6.37. The number of rotatable bonds is 10. The lowest BCUT2D eigenvalue weighted by Gasteiger charge is -2.32. The van der Waals surface area contributed by atoms with Crippen molar-refractivity contribution in [3.63, 3.8) is 0 Å². The number of ether oxygens (including phenoxy) is 3. The van der Waals surface area contributed by atoms with Gasteiger partial charge in [0.05, 0.1) is 12.7 Å². The molecule has 4 nitrogen and oxygen atoms in total. The Kier molecular flexibility index (Phi) is 8.37. The van der Waals surface area contributed by atoms with Gasteiger partial charge in [-0.15, -0.1) is 0 Å². The number of benzene rings is 3. The molecule has 0 aromatic heterocycles. The van der Waals surface area contributed by atoms with Crippen LogP contribution in [0.5, 0.6) is 5.75 Å². The minimum Gasteiger partial charge on any atom is -0.467 e. The molecule has 2 atom stereocenters. The summed E-state index contributed by atoms with van der Waals surface area (Å²) < 4.78 is 31.7. The first kappa shape index (κ1) is 24.9. The lowest BCUT2D eigenvalue weighted by Crippen LogP contribution is -2.40. The van der Waals surface area contributed by atoms with Gasteiger partial charge in [-0.3, -0.25) is 0 Å². The van der Waals surface area contributed by atoms with E-state index < -0.39 is 8.07 Å². The van der Waals surface area contributed by atoms with E-state index in [1.54, 1.807) is 0 Å². The molecule has 0 saturated carbocycles. The maximum absolute atomic E-state index is 13.4. The van der Waals surface area contributed by atoms with Gasteiger partial charge in [-0.05, 0) is 59.8 Å². The molecular formula is C28H36FNO3Si. The summed E-state index contributed by atoms with van der Waals surface area (Å²) >= 11 is 0. The number of fused-ring (bicyclic) bond motifs is 1. The highest BCUT2D eigenvalue weighted by Gasteiger charge is 2.27. The maximum Gasteiger partial charge on any atom is 0.189 e. The fraction of sp³-hybridized carbons (Fsp3) is 0.429. The van der Waals surface area contributed by atoms with E-state index >= 15 is 0 Å². The molecule has 1 fully saturated rings. The molecule has 2 unspecified atom stereocenters. The molecule has 1 heterocycles. The Hall–Kier alpha value is -2.25. The molecule has 0 aliphatic carbocycles. The Labute approximate surface area is 203 Å². The van der Waals surface area contributed by atoms with Gasteiger partial charge in [-0.25, -0.2) is 4.39 Å². The van der Waals surface area contributed by atoms with Crippen LogP contribution < -0.4 is 10.1 Å². The zero-order valence-electron chi connectivity index (χ0n) is 20.5. The molecule has 1 N–H and O–H groups in total. The molecule has 4 rings (SSSR count). The molecule has 34 heavy (non-hydrogen) atoms. The smallest absolute Gasteiger partial charge is 0.189 e. The van der Waals surface area contributed by atoms with Crippen molar-refractivity contribution in [3.05, 3.63) is 77.6 Å². The van der Waals surface area contributed by atoms with E-state index in [0.29, 0.717) is 6.61 Å². The predicted molar refractivity (Wildman–Crippen MR) is 139 cm³/mol. The molecule has 182 valence electrons. The van der Waals surface area contributed by atoms with Crippen LogP contribution in [0.3, 0.4) is 0 Å². The Morgan fingerprint density at radius 2 is 1.82 bits per heavy atom. The topological polar surface area (TPSA) is 39.7 Å². The normalized spacial score (nSPS) is 18.8. The molecule has 6 heteroatoms. The van der Waals surface area contributed by atoms with Gasteiger partial charge in [-0.2, -0.15) is 0 Å². The largest absolute Gasteiger partial charge is 0.467 e. The van der Waals surface area contributed by atoms with Gasteiger partial charge < -0.3 is 19.5 Å². The van der Waals surface area contributed by atoms with Crippen molar-refractivity contribution in [2.45, 2.75) is 50.7 Å². The van der Waals surface area contributed by atoms with Gasteiger partial charge in [0.25, 0.3) is 0 Å². The second kappa shape index (κ2) is 11.4. The van der Waals surface area contributed by atoms with Crippen LogP contribution in [0.2, 0.25) is 25.7 Å². The van der Waals surface area contributed by atoms with Gasteiger partial charge >= 0.3 is 0 Å². The number of piperidine rings is 1. The van der Waals surface area contributed by atoms with Gasteiger partial charge in [0.1, 0.15) is 11.6 Å². The van der Waals surface area contributed by atoms with Crippen LogP contribution in [0, 0.1) is 5.82 Å². The first-order chi connectivity index (χ1) is 16.4. The van der Waals surface area contributed by atoms with Crippen molar-refractivity contribution in [3.8, 4) is 5.75 Å². The molecule has 0 radical (unpaired) electrons. The SMILES string of the molecule is C[Si](C)(C)CCOCOc1cc(COC2CNCCC2c2ccc(F)cc2)cc2ccccc12. The number of nitrogens with one attached hydrogen (secondary N) is 1. The number of hydrogen-bond donors (Lipinski definition) is 1. The summed E-state index contributed by atoms with van der Waals surface area (Å²) in [5.74, 6) is 0.864. The van der Waals surface area contributed by atoms with Gasteiger partial charge in [0.15, 0.2) is 6.79 Å². The molecule has 0 bridgehead atoms. The average Bonchev–Trinajstić information content (AvgIpc) is 2.82. The summed E-state index contributed by atoms with van der Waals surface area (Å²) in [6.07, 6.45) is 0.997. The van der Waals surface area contributed by atoms with Crippen molar-refractivity contribution in [2.75, 3.05) is 26.5 Å². The Morgan fingerprint density at radius 1 is 1.03 bits per heavy atom. The van der Waals surface area contributed by atoms with Gasteiger partial charge in [-0.1, -0.05) is 56.0 Å². The molecule has 3 aromatic carbocycles. The van der Waals surface area contributed by atoms with E-state index in [1.165, 1.54) is 12.1 Å². The fourth-order valence-electron chi connectivity index (χ4n) is 4.38. The van der Waals surface area contributed by atoms with E-state index in [2.05, 4.69) is 49.2 Å². The number of hydrogen-bond acceptors (Lipinski definition) is 4. The minimum absolute atomic E-state index is 0.0277. The van der Waals surface area contributed by atoms with Crippen LogP contribution in [0.1, 0.15) is 23.5 Å². The standard InChI is InChI=1S/C28H36FNO3Si/c1-34(2,3)15-14-31-20-33-27-17-21(16-23-6-4-5-7-25(23)27)19-32-28-18-30-13-12-26(28)22-8-10-24(29)11-9-22/h4-11,16-17,26,28,30H,12-15,18-20H2,1-3H3. The van der Waals surface area contributed by atoms with Crippen LogP contribution >= 0.6 is 0 Å². The van der Waals surface area contributed by atoms with Crippen LogP contribution in [0.4, 0.5) is 4.39 Å². The second-order valence-electron chi connectivity index (χ2n) is 10.3. The van der Waals surface area contributed by atoms with E-state index in [1.807, 2.05) is 24.3 Å². The Morgan fingerprint density at radius 3 is 2.62 bits per heavy atom. The summed E-state index contributed by atoms with van der Waals surface area (Å²) in [5, 5.41) is 5.63. The third kappa shape index (κ3) is 6.89. The zero-order chi connectivity index (χ0) is 24.0. The van der Waals surface area contributed by atoms with E-state index in [9.17, 15) is 4.39 Å². The van der Waals surface area contributed by atoms with Crippen LogP contribution in [-0.2, 0) is 16.1 Å². The van der Waals surface area contributed by atoms with Crippen molar-refractivity contribution < 1.29 is 18.6 Å². The van der Waals surface area contributed by atoms with E-state index in [4.69, 9.17) is 14.2 Å². The molecule has 1 aliphatic rings. The first-order valence-electron chi connectivity index (χ1n) is 12.2. The van der Waals surface area contributed by atoms with Crippen LogP contribution in [0.15, 0.2) is 60.7 Å². The summed E-state index contributed by atoms with van der Waals surface area (Å²) in [7, 11) is -1.12. The summed E-state index contributed by atoms with van der Waals surface area (Å²) in [6.45, 7) is 10.2. The number of halogens is 1. The second-order valence-corrected chi connectivity index (χ2v) is 15.9. The fourth-order valence-corrected chi connectivity index (χ4v) is 5.14. The van der Waals surface area contributed by atoms with Crippen molar-refractivity contribution in [1.82, 2.24) is 5.32 Å². The summed E-state index contributed by atoms with van der Waals surface area (Å²) in [4.78, 5) is 0. The van der Waals surface area contributed by atoms with Crippen LogP contribution in [-0.4, -0.2) is 40.7 Å². The summed E-state index contributed by atoms with van der Waals surface area (Å²) in [6, 6.07) is 20.4. The maximum atomic E-state index is 13.4. The predicted octanol–water partition coefficient (Wildman–Crippen LogP) is 6.33. The molecule has 0 amide bonds. The van der Waals surface area contributed by atoms with E-state index in [0.717, 1.165) is 59.8 Å². The van der Waals surface area contributed by atoms with Gasteiger partial charge in [0, 0.05) is 32.5 Å². The zero-order valence-corrected chi connectivity index (χ0v) is 21.5. The Bertz CT molecular complexity index is 1070. The van der Waals surface area contributed by atoms with Gasteiger partial charge in [0.2, 0.25) is 0 Å².